The van der Waals surface area contributed by atoms with Crippen LogP contribution < -0.4 is 5.32 Å². The van der Waals surface area contributed by atoms with Crippen molar-refractivity contribution in [1.82, 2.24) is 5.32 Å². The lowest BCUT2D eigenvalue weighted by molar-refractivity contribution is -0.140. The highest BCUT2D eigenvalue weighted by Gasteiger charge is 2.13. The van der Waals surface area contributed by atoms with Crippen molar-refractivity contribution >= 4 is 11.9 Å². The van der Waals surface area contributed by atoms with Crippen LogP contribution in [0.3, 0.4) is 0 Å². The monoisotopic (exact) mass is 247 g/mol. The minimum absolute atomic E-state index is 0.474. The number of carbonyl (C=O) groups excluding carboxylic acids is 1. The average molecular weight is 247 g/mol. The van der Waals surface area contributed by atoms with Crippen LogP contribution in [0.4, 0.5) is 13.2 Å². The summed E-state index contributed by atoms with van der Waals surface area (Å²) >= 11 is 0. The van der Waals surface area contributed by atoms with Crippen molar-refractivity contribution < 1.29 is 27.9 Å². The van der Waals surface area contributed by atoms with Gasteiger partial charge >= 0.3 is 5.97 Å². The molecule has 2 N–H and O–H groups in total. The molecule has 0 saturated heterocycles. The summed E-state index contributed by atoms with van der Waals surface area (Å²) in [5.41, 5.74) is -0.523. The second kappa shape index (κ2) is 5.33. The van der Waals surface area contributed by atoms with Crippen LogP contribution in [0.2, 0.25) is 0 Å². The third-order valence-electron chi connectivity index (χ3n) is 1.88. The Morgan fingerprint density at radius 3 is 2.18 bits per heavy atom. The second-order valence-corrected chi connectivity index (χ2v) is 3.20. The third-order valence-corrected chi connectivity index (χ3v) is 1.88. The summed E-state index contributed by atoms with van der Waals surface area (Å²) in [5.74, 6) is -5.60. The highest BCUT2D eigenvalue weighted by molar-refractivity contribution is 5.93. The van der Waals surface area contributed by atoms with E-state index in [2.05, 4.69) is 0 Å². The van der Waals surface area contributed by atoms with Gasteiger partial charge in [-0.3, -0.25) is 9.59 Å². The number of halogens is 3. The molecule has 7 heteroatoms. The summed E-state index contributed by atoms with van der Waals surface area (Å²) in [6.45, 7) is -0.538. The topological polar surface area (TPSA) is 66.4 Å². The molecule has 0 atom stereocenters. The van der Waals surface area contributed by atoms with Crippen molar-refractivity contribution in [3.05, 3.63) is 35.1 Å². The van der Waals surface area contributed by atoms with Gasteiger partial charge in [-0.25, -0.2) is 13.2 Å². The van der Waals surface area contributed by atoms with Gasteiger partial charge in [-0.2, -0.15) is 0 Å². The van der Waals surface area contributed by atoms with Gasteiger partial charge in [0.25, 0.3) is 0 Å². The summed E-state index contributed by atoms with van der Waals surface area (Å²) in [6.07, 6.45) is -0.801. The van der Waals surface area contributed by atoms with Crippen molar-refractivity contribution in [2.75, 3.05) is 0 Å². The predicted molar refractivity (Wildman–Crippen MR) is 50.4 cm³/mol. The molecule has 1 rings (SSSR count). The van der Waals surface area contributed by atoms with Crippen LogP contribution in [0.15, 0.2) is 12.1 Å². The Bertz CT molecular complexity index is 439. The van der Waals surface area contributed by atoms with Crippen LogP contribution in [0.25, 0.3) is 0 Å². The minimum Gasteiger partial charge on any atom is -0.481 e. The first-order chi connectivity index (χ1) is 7.90. The lowest BCUT2D eigenvalue weighted by atomic mass is 10.2. The molecule has 0 aliphatic heterocycles. The molecular weight excluding hydrogens is 239 g/mol. The summed E-state index contributed by atoms with van der Waals surface area (Å²) in [7, 11) is 0. The molecule has 17 heavy (non-hydrogen) atoms. The molecule has 0 aliphatic carbocycles. The van der Waals surface area contributed by atoms with Crippen molar-refractivity contribution in [2.45, 2.75) is 13.0 Å². The number of amides is 1. The van der Waals surface area contributed by atoms with Crippen molar-refractivity contribution in [3.8, 4) is 0 Å². The van der Waals surface area contributed by atoms with Gasteiger partial charge in [0, 0.05) is 24.2 Å². The number of nitrogens with one attached hydrogen (secondary N) is 1. The Labute approximate surface area is 94.1 Å². The smallest absolute Gasteiger partial charge is 0.312 e. The van der Waals surface area contributed by atoms with Gasteiger partial charge in [-0.05, 0) is 0 Å². The molecule has 0 bridgehead atoms. The van der Waals surface area contributed by atoms with Gasteiger partial charge in [0.15, 0.2) is 0 Å². The maximum atomic E-state index is 13.1. The van der Waals surface area contributed by atoms with Gasteiger partial charge in [-0.1, -0.05) is 0 Å². The SMILES string of the molecule is O=C(O)CC(=O)NCc1c(F)cc(F)cc1F. The van der Waals surface area contributed by atoms with E-state index in [-0.39, 0.29) is 0 Å². The van der Waals surface area contributed by atoms with Gasteiger partial charge in [0.05, 0.1) is 0 Å². The molecule has 0 fully saturated rings. The molecule has 92 valence electrons. The summed E-state index contributed by atoms with van der Waals surface area (Å²) in [5, 5.41) is 10.3. The highest BCUT2D eigenvalue weighted by atomic mass is 19.1. The number of carboxylic acids is 1. The molecule has 0 saturated carbocycles. The zero-order chi connectivity index (χ0) is 13.0. The van der Waals surface area contributed by atoms with E-state index in [0.717, 1.165) is 0 Å². The molecule has 0 heterocycles. The van der Waals surface area contributed by atoms with E-state index in [4.69, 9.17) is 5.11 Å². The Kier molecular flexibility index (Phi) is 4.08. The molecule has 1 amide bonds. The molecule has 0 aliphatic rings. The number of carboxylic acid groups (broad SMARTS) is 1. The molecule has 0 unspecified atom stereocenters. The quantitative estimate of drug-likeness (QED) is 0.785. The van der Waals surface area contributed by atoms with E-state index in [9.17, 15) is 22.8 Å². The maximum absolute atomic E-state index is 13.1. The number of carbonyl (C=O) groups is 2. The van der Waals surface area contributed by atoms with E-state index in [1.54, 1.807) is 0 Å². The molecule has 1 aromatic rings. The van der Waals surface area contributed by atoms with Gasteiger partial charge < -0.3 is 10.4 Å². The fourth-order valence-corrected chi connectivity index (χ4v) is 1.13. The number of hydrogen-bond donors (Lipinski definition) is 2. The van der Waals surface area contributed by atoms with Gasteiger partial charge in [0.2, 0.25) is 5.91 Å². The molecular formula is C10H8F3NO3. The van der Waals surface area contributed by atoms with Crippen molar-refractivity contribution in [3.63, 3.8) is 0 Å². The van der Waals surface area contributed by atoms with E-state index in [1.165, 1.54) is 0 Å². The maximum Gasteiger partial charge on any atom is 0.312 e. The Hall–Kier alpha value is -2.05. The van der Waals surface area contributed by atoms with E-state index >= 15 is 0 Å². The van der Waals surface area contributed by atoms with Crippen LogP contribution in [-0.4, -0.2) is 17.0 Å². The number of hydrogen-bond acceptors (Lipinski definition) is 2. The Balaban J connectivity index is 2.70. The van der Waals surface area contributed by atoms with Crippen LogP contribution >= 0.6 is 0 Å². The number of benzene rings is 1. The number of aliphatic carboxylic acids is 1. The lowest BCUT2D eigenvalue weighted by Gasteiger charge is -2.06. The minimum atomic E-state index is -1.36. The summed E-state index contributed by atoms with van der Waals surface area (Å²) < 4.78 is 38.7. The first-order valence-corrected chi connectivity index (χ1v) is 4.52. The molecule has 0 radical (unpaired) electrons. The van der Waals surface area contributed by atoms with Crippen LogP contribution in [0.5, 0.6) is 0 Å². The fourth-order valence-electron chi connectivity index (χ4n) is 1.13. The highest BCUT2D eigenvalue weighted by Crippen LogP contribution is 2.14. The molecule has 1 aromatic carbocycles. The molecule has 0 spiro atoms. The van der Waals surface area contributed by atoms with Crippen LogP contribution in [0, 0.1) is 17.5 Å². The first kappa shape index (κ1) is 13.0. The Morgan fingerprint density at radius 2 is 1.71 bits per heavy atom. The fraction of sp³-hybridized carbons (Fsp3) is 0.200. The lowest BCUT2D eigenvalue weighted by Crippen LogP contribution is -2.26. The standard InChI is InChI=1S/C10H8F3NO3/c11-5-1-7(12)6(8(13)2-5)4-14-9(15)3-10(16)17/h1-2H,3-4H2,(H,14,15)(H,16,17). The van der Waals surface area contributed by atoms with Gasteiger partial charge in [-0.15, -0.1) is 0 Å². The first-order valence-electron chi connectivity index (χ1n) is 4.52. The summed E-state index contributed by atoms with van der Waals surface area (Å²) in [6, 6.07) is 0.948. The number of rotatable bonds is 4. The molecule has 4 nitrogen and oxygen atoms in total. The van der Waals surface area contributed by atoms with E-state index in [0.29, 0.717) is 12.1 Å². The van der Waals surface area contributed by atoms with Crippen LogP contribution in [0.1, 0.15) is 12.0 Å². The van der Waals surface area contributed by atoms with E-state index in [1.807, 2.05) is 5.32 Å². The predicted octanol–water partition coefficient (Wildman–Crippen LogP) is 1.19. The van der Waals surface area contributed by atoms with E-state index < -0.39 is 47.9 Å². The molecule has 0 aromatic heterocycles. The van der Waals surface area contributed by atoms with Crippen molar-refractivity contribution in [2.24, 2.45) is 0 Å². The largest absolute Gasteiger partial charge is 0.481 e. The zero-order valence-electron chi connectivity index (χ0n) is 8.47. The Morgan fingerprint density at radius 1 is 1.18 bits per heavy atom. The van der Waals surface area contributed by atoms with Crippen molar-refractivity contribution in [1.29, 1.82) is 0 Å². The van der Waals surface area contributed by atoms with Gasteiger partial charge in [0.1, 0.15) is 23.9 Å². The average Bonchev–Trinajstić information content (AvgIpc) is 2.14. The van der Waals surface area contributed by atoms with Crippen LogP contribution in [-0.2, 0) is 16.1 Å². The second-order valence-electron chi connectivity index (χ2n) is 3.20. The summed E-state index contributed by atoms with van der Waals surface area (Å²) in [4.78, 5) is 21.0. The zero-order valence-corrected chi connectivity index (χ0v) is 8.47. The normalized spacial score (nSPS) is 10.1. The third kappa shape index (κ3) is 3.78.